The van der Waals surface area contributed by atoms with E-state index >= 15 is 0 Å². The van der Waals surface area contributed by atoms with Crippen molar-refractivity contribution in [3.63, 3.8) is 0 Å². The van der Waals surface area contributed by atoms with Gasteiger partial charge in [0.05, 0.1) is 34.1 Å². The third-order valence-electron chi connectivity index (χ3n) is 4.84. The van der Waals surface area contributed by atoms with Crippen molar-refractivity contribution in [2.24, 2.45) is 0 Å². The molecule has 1 aliphatic rings. The molecule has 2 aromatic rings. The van der Waals surface area contributed by atoms with Crippen LogP contribution in [0.25, 0.3) is 17.2 Å². The molecule has 1 heterocycles. The molecule has 1 aromatic heterocycles. The number of nitrogens with zero attached hydrogens (tertiary/aromatic N) is 3. The lowest BCUT2D eigenvalue weighted by molar-refractivity contribution is 0.308. The quantitative estimate of drug-likeness (QED) is 0.613. The third kappa shape index (κ3) is 3.43. The molecule has 7 heteroatoms. The minimum atomic E-state index is 0.142. The number of methoxy groups -OCH3 is 1. The fourth-order valence-electron chi connectivity index (χ4n) is 3.47. The smallest absolute Gasteiger partial charge is 0.174 e. The second-order valence-corrected chi connectivity index (χ2v) is 7.63. The summed E-state index contributed by atoms with van der Waals surface area (Å²) in [7, 11) is 1.60. The molecule has 6 nitrogen and oxygen atoms in total. The molecule has 146 valence electrons. The van der Waals surface area contributed by atoms with Gasteiger partial charge in [-0.1, -0.05) is 0 Å². The number of nitrogen functional groups attached to an aromatic ring is 1. The van der Waals surface area contributed by atoms with Gasteiger partial charge in [-0.2, -0.15) is 10.5 Å². The second kappa shape index (κ2) is 8.14. The highest BCUT2D eigenvalue weighted by Crippen LogP contribution is 2.45. The number of ether oxygens (including phenoxy) is 2. The van der Waals surface area contributed by atoms with Crippen LogP contribution in [0.3, 0.4) is 0 Å². The molecule has 0 saturated heterocycles. The van der Waals surface area contributed by atoms with E-state index in [2.05, 4.69) is 39.7 Å². The summed E-state index contributed by atoms with van der Waals surface area (Å²) in [5, 5.41) is 19.2. The standard InChI is InChI=1S/C22H19IN4O2/c1-5-29-21-17(23)7-13(8-18(21)28-4)6-14-11(2)15(9-24)20-19(14)12(3)16(10-25)22(26)27-20/h6-8H,5H2,1-4H3,(H2,26,27)/b14-6+. The molecule has 0 atom stereocenters. The van der Waals surface area contributed by atoms with Crippen molar-refractivity contribution < 1.29 is 9.47 Å². The number of allylic oxidation sites excluding steroid dienone is 3. The molecule has 1 aromatic carbocycles. The van der Waals surface area contributed by atoms with Gasteiger partial charge in [-0.15, -0.1) is 0 Å². The van der Waals surface area contributed by atoms with Gasteiger partial charge in [-0.05, 0) is 83.8 Å². The summed E-state index contributed by atoms with van der Waals surface area (Å²) in [5.41, 5.74) is 11.3. The van der Waals surface area contributed by atoms with E-state index in [4.69, 9.17) is 15.2 Å². The summed E-state index contributed by atoms with van der Waals surface area (Å²) in [5.74, 6) is 1.48. The van der Waals surface area contributed by atoms with Crippen molar-refractivity contribution in [3.05, 3.63) is 49.2 Å². The molecule has 29 heavy (non-hydrogen) atoms. The average Bonchev–Trinajstić information content (AvgIpc) is 2.94. The van der Waals surface area contributed by atoms with E-state index in [0.717, 1.165) is 31.4 Å². The van der Waals surface area contributed by atoms with Crippen LogP contribution in [-0.4, -0.2) is 18.7 Å². The van der Waals surface area contributed by atoms with E-state index in [1.807, 2.05) is 39.0 Å². The molecule has 0 spiro atoms. The van der Waals surface area contributed by atoms with Gasteiger partial charge in [0.1, 0.15) is 18.0 Å². The zero-order valence-electron chi connectivity index (χ0n) is 16.6. The van der Waals surface area contributed by atoms with E-state index in [1.54, 1.807) is 7.11 Å². The van der Waals surface area contributed by atoms with E-state index in [9.17, 15) is 10.5 Å². The van der Waals surface area contributed by atoms with E-state index in [0.29, 0.717) is 34.9 Å². The molecule has 0 amide bonds. The number of halogens is 1. The number of nitriles is 2. The highest BCUT2D eigenvalue weighted by Gasteiger charge is 2.29. The van der Waals surface area contributed by atoms with Crippen LogP contribution >= 0.6 is 22.6 Å². The third-order valence-corrected chi connectivity index (χ3v) is 5.64. The molecule has 2 N–H and O–H groups in total. The zero-order valence-corrected chi connectivity index (χ0v) is 18.7. The summed E-state index contributed by atoms with van der Waals surface area (Å²) in [4.78, 5) is 4.36. The summed E-state index contributed by atoms with van der Waals surface area (Å²) in [6.07, 6.45) is 1.98. The minimum absolute atomic E-state index is 0.142. The Morgan fingerprint density at radius 2 is 1.97 bits per heavy atom. The van der Waals surface area contributed by atoms with Crippen LogP contribution in [0.2, 0.25) is 0 Å². The van der Waals surface area contributed by atoms with Crippen molar-refractivity contribution >= 4 is 45.6 Å². The molecule has 0 fully saturated rings. The minimum Gasteiger partial charge on any atom is -0.493 e. The number of anilines is 1. The fraction of sp³-hybridized carbons (Fsp3) is 0.227. The zero-order chi connectivity index (χ0) is 21.3. The van der Waals surface area contributed by atoms with Crippen LogP contribution in [-0.2, 0) is 0 Å². The summed E-state index contributed by atoms with van der Waals surface area (Å²) in [6.45, 7) is 6.17. The van der Waals surface area contributed by atoms with Gasteiger partial charge in [0.2, 0.25) is 0 Å². The number of hydrogen-bond acceptors (Lipinski definition) is 6. The van der Waals surface area contributed by atoms with Crippen LogP contribution in [0.5, 0.6) is 11.5 Å². The lowest BCUT2D eigenvalue weighted by atomic mass is 9.95. The lowest BCUT2D eigenvalue weighted by Crippen LogP contribution is -2.03. The molecule has 0 bridgehead atoms. The number of pyridine rings is 1. The van der Waals surface area contributed by atoms with Gasteiger partial charge in [0.25, 0.3) is 0 Å². The Bertz CT molecular complexity index is 1170. The van der Waals surface area contributed by atoms with Crippen LogP contribution in [0.1, 0.15) is 41.8 Å². The number of rotatable bonds is 4. The summed E-state index contributed by atoms with van der Waals surface area (Å²) < 4.78 is 12.1. The van der Waals surface area contributed by atoms with Crippen molar-refractivity contribution in [2.45, 2.75) is 20.8 Å². The first-order valence-electron chi connectivity index (χ1n) is 8.92. The van der Waals surface area contributed by atoms with Gasteiger partial charge in [0, 0.05) is 5.56 Å². The maximum absolute atomic E-state index is 9.68. The highest BCUT2D eigenvalue weighted by atomic mass is 127. The molecule has 0 unspecified atom stereocenters. The van der Waals surface area contributed by atoms with Crippen LogP contribution in [0.15, 0.2) is 17.7 Å². The van der Waals surface area contributed by atoms with E-state index in [1.165, 1.54) is 0 Å². The number of fused-ring (bicyclic) bond motifs is 1. The highest BCUT2D eigenvalue weighted by molar-refractivity contribution is 14.1. The number of hydrogen-bond donors (Lipinski definition) is 1. The number of aromatic nitrogens is 1. The molecule has 3 rings (SSSR count). The molecule has 0 radical (unpaired) electrons. The first-order valence-corrected chi connectivity index (χ1v) is 10.00. The molecular weight excluding hydrogens is 479 g/mol. The SMILES string of the molecule is CCOc1c(I)cc(/C=C2\C(C)=C(C#N)c3nc(N)c(C#N)c(C)c32)cc1OC. The largest absolute Gasteiger partial charge is 0.493 e. The Hall–Kier alpha value is -3.04. The first-order chi connectivity index (χ1) is 13.9. The van der Waals surface area contributed by atoms with Crippen LogP contribution in [0.4, 0.5) is 5.82 Å². The number of nitrogens with two attached hydrogens (primary N) is 1. The van der Waals surface area contributed by atoms with Crippen molar-refractivity contribution in [2.75, 3.05) is 19.5 Å². The van der Waals surface area contributed by atoms with Gasteiger partial charge in [-0.25, -0.2) is 4.98 Å². The first kappa shape index (κ1) is 20.7. The average molecular weight is 498 g/mol. The van der Waals surface area contributed by atoms with Crippen molar-refractivity contribution in [3.8, 4) is 23.6 Å². The Balaban J connectivity index is 2.27. The predicted molar refractivity (Wildman–Crippen MR) is 121 cm³/mol. The monoisotopic (exact) mass is 498 g/mol. The van der Waals surface area contributed by atoms with Crippen LogP contribution < -0.4 is 15.2 Å². The van der Waals surface area contributed by atoms with E-state index in [-0.39, 0.29) is 5.82 Å². The van der Waals surface area contributed by atoms with Gasteiger partial charge < -0.3 is 15.2 Å². The Labute approximate surface area is 183 Å². The van der Waals surface area contributed by atoms with E-state index < -0.39 is 0 Å². The molecular formula is C22H19IN4O2. The fourth-order valence-corrected chi connectivity index (χ4v) is 4.25. The Morgan fingerprint density at radius 1 is 1.24 bits per heavy atom. The van der Waals surface area contributed by atoms with Crippen molar-refractivity contribution in [1.29, 1.82) is 10.5 Å². The topological polar surface area (TPSA) is 105 Å². The summed E-state index contributed by atoms with van der Waals surface area (Å²) in [6, 6.07) is 8.23. The Morgan fingerprint density at radius 3 is 2.55 bits per heavy atom. The predicted octanol–water partition coefficient (Wildman–Crippen LogP) is 4.71. The Kier molecular flexibility index (Phi) is 5.81. The molecule has 0 saturated carbocycles. The number of benzene rings is 1. The van der Waals surface area contributed by atoms with Crippen molar-refractivity contribution in [1.82, 2.24) is 4.98 Å². The van der Waals surface area contributed by atoms with Gasteiger partial charge in [0.15, 0.2) is 11.5 Å². The molecule has 1 aliphatic carbocycles. The van der Waals surface area contributed by atoms with Crippen LogP contribution in [0, 0.1) is 33.2 Å². The normalized spacial score (nSPS) is 13.8. The van der Waals surface area contributed by atoms with Gasteiger partial charge in [-0.3, -0.25) is 0 Å². The maximum atomic E-state index is 9.68. The molecule has 0 aliphatic heterocycles. The second-order valence-electron chi connectivity index (χ2n) is 6.47. The maximum Gasteiger partial charge on any atom is 0.174 e. The van der Waals surface area contributed by atoms with Gasteiger partial charge >= 0.3 is 0 Å². The summed E-state index contributed by atoms with van der Waals surface area (Å²) >= 11 is 2.21. The lowest BCUT2D eigenvalue weighted by Gasteiger charge is -2.14.